The molecule has 6 heteroatoms. The average Bonchev–Trinajstić information content (AvgIpc) is 2.30. The molecule has 0 aliphatic heterocycles. The standard InChI is InChI=1S/C11H19N3O2S/c1-4-14(5-2)17(15,16)13-10(3)11-8-6-7-9-12-11/h6-10,13H,4-5H2,1-3H3. The molecule has 0 spiro atoms. The lowest BCUT2D eigenvalue weighted by atomic mass is 10.2. The van der Waals surface area contributed by atoms with Gasteiger partial charge in [-0.1, -0.05) is 19.9 Å². The highest BCUT2D eigenvalue weighted by atomic mass is 32.2. The molecule has 1 rings (SSSR count). The minimum atomic E-state index is -3.43. The molecule has 0 aromatic carbocycles. The zero-order chi connectivity index (χ0) is 12.9. The van der Waals surface area contributed by atoms with Crippen LogP contribution in [-0.4, -0.2) is 30.8 Å². The highest BCUT2D eigenvalue weighted by Crippen LogP contribution is 2.11. The van der Waals surface area contributed by atoms with Crippen LogP contribution in [-0.2, 0) is 10.2 Å². The van der Waals surface area contributed by atoms with Gasteiger partial charge in [-0.3, -0.25) is 4.98 Å². The topological polar surface area (TPSA) is 62.3 Å². The first-order valence-electron chi connectivity index (χ1n) is 5.69. The van der Waals surface area contributed by atoms with Crippen LogP contribution in [0.25, 0.3) is 0 Å². The summed E-state index contributed by atoms with van der Waals surface area (Å²) in [7, 11) is -3.43. The molecule has 0 amide bonds. The molecule has 0 radical (unpaired) electrons. The molecule has 17 heavy (non-hydrogen) atoms. The van der Waals surface area contributed by atoms with Crippen molar-refractivity contribution >= 4 is 10.2 Å². The number of aromatic nitrogens is 1. The maximum atomic E-state index is 12.0. The lowest BCUT2D eigenvalue weighted by Gasteiger charge is -2.21. The Balaban J connectivity index is 2.78. The normalized spacial score (nSPS) is 13.9. The lowest BCUT2D eigenvalue weighted by molar-refractivity contribution is 0.428. The average molecular weight is 257 g/mol. The van der Waals surface area contributed by atoms with E-state index in [-0.39, 0.29) is 6.04 Å². The van der Waals surface area contributed by atoms with Crippen molar-refractivity contribution in [3.63, 3.8) is 0 Å². The highest BCUT2D eigenvalue weighted by molar-refractivity contribution is 7.87. The summed E-state index contributed by atoms with van der Waals surface area (Å²) in [6.45, 7) is 6.33. The van der Waals surface area contributed by atoms with Gasteiger partial charge in [0.2, 0.25) is 0 Å². The van der Waals surface area contributed by atoms with Gasteiger partial charge in [0, 0.05) is 19.3 Å². The Hall–Kier alpha value is -0.980. The Labute approximate surface area is 103 Å². The van der Waals surface area contributed by atoms with E-state index in [9.17, 15) is 8.42 Å². The summed E-state index contributed by atoms with van der Waals surface area (Å²) >= 11 is 0. The van der Waals surface area contributed by atoms with E-state index < -0.39 is 10.2 Å². The molecule has 0 saturated heterocycles. The van der Waals surface area contributed by atoms with Crippen LogP contribution >= 0.6 is 0 Å². The van der Waals surface area contributed by atoms with E-state index in [0.29, 0.717) is 18.8 Å². The second-order valence-electron chi connectivity index (χ2n) is 3.68. The van der Waals surface area contributed by atoms with E-state index in [0.717, 1.165) is 0 Å². The molecule has 0 bridgehead atoms. The first kappa shape index (κ1) is 14.1. The van der Waals surface area contributed by atoms with Crippen LogP contribution in [0, 0.1) is 0 Å². The molecule has 1 aromatic heterocycles. The minimum absolute atomic E-state index is 0.332. The third kappa shape index (κ3) is 3.76. The van der Waals surface area contributed by atoms with E-state index in [1.807, 2.05) is 19.9 Å². The molecule has 1 atom stereocenters. The van der Waals surface area contributed by atoms with Crippen molar-refractivity contribution in [1.82, 2.24) is 14.0 Å². The van der Waals surface area contributed by atoms with Crippen molar-refractivity contribution in [3.8, 4) is 0 Å². The van der Waals surface area contributed by atoms with Gasteiger partial charge >= 0.3 is 0 Å². The number of hydrogen-bond acceptors (Lipinski definition) is 3. The lowest BCUT2D eigenvalue weighted by Crippen LogP contribution is -2.41. The van der Waals surface area contributed by atoms with Gasteiger partial charge in [-0.2, -0.15) is 17.4 Å². The first-order chi connectivity index (χ1) is 8.01. The van der Waals surface area contributed by atoms with Gasteiger partial charge in [-0.15, -0.1) is 0 Å². The van der Waals surface area contributed by atoms with E-state index in [4.69, 9.17) is 0 Å². The summed E-state index contributed by atoms with van der Waals surface area (Å²) in [4.78, 5) is 4.13. The monoisotopic (exact) mass is 257 g/mol. The molecule has 1 N–H and O–H groups in total. The van der Waals surface area contributed by atoms with Gasteiger partial charge in [-0.25, -0.2) is 0 Å². The maximum absolute atomic E-state index is 12.0. The van der Waals surface area contributed by atoms with Crippen LogP contribution in [0.1, 0.15) is 32.5 Å². The Morgan fingerprint density at radius 3 is 2.47 bits per heavy atom. The SMILES string of the molecule is CCN(CC)S(=O)(=O)NC(C)c1ccccn1. The molecule has 0 fully saturated rings. The highest BCUT2D eigenvalue weighted by Gasteiger charge is 2.21. The van der Waals surface area contributed by atoms with Crippen molar-refractivity contribution in [1.29, 1.82) is 0 Å². The van der Waals surface area contributed by atoms with Gasteiger partial charge in [0.05, 0.1) is 11.7 Å². The summed E-state index contributed by atoms with van der Waals surface area (Å²) in [6, 6.07) is 5.11. The van der Waals surface area contributed by atoms with Crippen molar-refractivity contribution in [2.45, 2.75) is 26.8 Å². The molecular formula is C11H19N3O2S. The third-order valence-corrected chi connectivity index (χ3v) is 4.35. The number of nitrogens with zero attached hydrogens (tertiary/aromatic N) is 2. The second kappa shape index (κ2) is 6.09. The smallest absolute Gasteiger partial charge is 0.260 e. The zero-order valence-corrected chi connectivity index (χ0v) is 11.2. The largest absolute Gasteiger partial charge is 0.280 e. The van der Waals surface area contributed by atoms with Crippen molar-refractivity contribution < 1.29 is 8.42 Å². The summed E-state index contributed by atoms with van der Waals surface area (Å²) in [5, 5.41) is 0. The fourth-order valence-corrected chi connectivity index (χ4v) is 2.95. The predicted molar refractivity (Wildman–Crippen MR) is 67.6 cm³/mol. The minimum Gasteiger partial charge on any atom is -0.260 e. The Kier molecular flexibility index (Phi) is 5.04. The van der Waals surface area contributed by atoms with E-state index in [2.05, 4.69) is 9.71 Å². The van der Waals surface area contributed by atoms with Gasteiger partial charge in [0.1, 0.15) is 0 Å². The molecule has 96 valence electrons. The molecule has 5 nitrogen and oxygen atoms in total. The molecule has 1 unspecified atom stereocenters. The fourth-order valence-electron chi connectivity index (χ4n) is 1.55. The number of nitrogens with one attached hydrogen (secondary N) is 1. The fraction of sp³-hybridized carbons (Fsp3) is 0.545. The Bertz CT molecular complexity index is 429. The van der Waals surface area contributed by atoms with Crippen LogP contribution in [0.3, 0.4) is 0 Å². The molecule has 0 aliphatic rings. The number of rotatable bonds is 6. The molecule has 1 aromatic rings. The van der Waals surface area contributed by atoms with Gasteiger partial charge in [0.25, 0.3) is 10.2 Å². The molecular weight excluding hydrogens is 238 g/mol. The molecule has 0 aliphatic carbocycles. The summed E-state index contributed by atoms with van der Waals surface area (Å²) < 4.78 is 27.9. The summed E-state index contributed by atoms with van der Waals surface area (Å²) in [5.41, 5.74) is 0.711. The number of hydrogen-bond donors (Lipinski definition) is 1. The number of pyridine rings is 1. The quantitative estimate of drug-likeness (QED) is 0.836. The van der Waals surface area contributed by atoms with Crippen LogP contribution in [0.4, 0.5) is 0 Å². The first-order valence-corrected chi connectivity index (χ1v) is 7.13. The van der Waals surface area contributed by atoms with E-state index in [1.165, 1.54) is 4.31 Å². The summed E-state index contributed by atoms with van der Waals surface area (Å²) in [6.07, 6.45) is 1.65. The van der Waals surface area contributed by atoms with Crippen LogP contribution in [0.2, 0.25) is 0 Å². The Morgan fingerprint density at radius 2 is 2.00 bits per heavy atom. The van der Waals surface area contributed by atoms with Gasteiger partial charge in [-0.05, 0) is 19.1 Å². The van der Waals surface area contributed by atoms with Crippen molar-refractivity contribution in [2.24, 2.45) is 0 Å². The molecule has 0 saturated carbocycles. The Morgan fingerprint density at radius 1 is 1.35 bits per heavy atom. The van der Waals surface area contributed by atoms with Crippen LogP contribution < -0.4 is 4.72 Å². The van der Waals surface area contributed by atoms with Crippen LogP contribution in [0.5, 0.6) is 0 Å². The maximum Gasteiger partial charge on any atom is 0.280 e. The van der Waals surface area contributed by atoms with E-state index in [1.54, 1.807) is 25.3 Å². The summed E-state index contributed by atoms with van der Waals surface area (Å²) in [5.74, 6) is 0. The van der Waals surface area contributed by atoms with Crippen molar-refractivity contribution in [2.75, 3.05) is 13.1 Å². The zero-order valence-electron chi connectivity index (χ0n) is 10.4. The van der Waals surface area contributed by atoms with Crippen LogP contribution in [0.15, 0.2) is 24.4 Å². The van der Waals surface area contributed by atoms with Gasteiger partial charge < -0.3 is 0 Å². The molecule has 1 heterocycles. The van der Waals surface area contributed by atoms with Crippen molar-refractivity contribution in [3.05, 3.63) is 30.1 Å². The third-order valence-electron chi connectivity index (χ3n) is 2.50. The predicted octanol–water partition coefficient (Wildman–Crippen LogP) is 1.32. The second-order valence-corrected chi connectivity index (χ2v) is 5.39. The van der Waals surface area contributed by atoms with Gasteiger partial charge in [0.15, 0.2) is 0 Å². The van der Waals surface area contributed by atoms with E-state index >= 15 is 0 Å².